The van der Waals surface area contributed by atoms with Crippen LogP contribution < -0.4 is 10.1 Å². The summed E-state index contributed by atoms with van der Waals surface area (Å²) in [4.78, 5) is 0. The van der Waals surface area contributed by atoms with Gasteiger partial charge in [0.1, 0.15) is 0 Å². The summed E-state index contributed by atoms with van der Waals surface area (Å²) >= 11 is 0. The molecule has 0 spiro atoms. The Morgan fingerprint density at radius 1 is 1.17 bits per heavy atom. The highest BCUT2D eigenvalue weighted by atomic mass is 19.1. The van der Waals surface area contributed by atoms with Crippen molar-refractivity contribution >= 4 is 0 Å². The minimum absolute atomic E-state index is 0.0972. The van der Waals surface area contributed by atoms with Crippen LogP contribution in [0.2, 0.25) is 0 Å². The van der Waals surface area contributed by atoms with E-state index in [1.165, 1.54) is 12.1 Å². The highest BCUT2D eigenvalue weighted by molar-refractivity contribution is 5.31. The summed E-state index contributed by atoms with van der Waals surface area (Å²) in [6.45, 7) is 9.86. The number of halogens is 2. The normalized spacial score (nSPS) is 12.0. The van der Waals surface area contributed by atoms with Crippen LogP contribution >= 0.6 is 0 Å². The van der Waals surface area contributed by atoms with Crippen LogP contribution in [-0.4, -0.2) is 11.6 Å². The van der Waals surface area contributed by atoms with Gasteiger partial charge in [0.05, 0.1) is 6.10 Å². The molecule has 0 fully saturated rings. The molecule has 0 saturated carbocycles. The quantitative estimate of drug-likeness (QED) is 0.889. The van der Waals surface area contributed by atoms with Gasteiger partial charge in [-0.1, -0.05) is 0 Å². The first-order valence-electron chi connectivity index (χ1n) is 6.08. The molecule has 0 atom stereocenters. The zero-order valence-corrected chi connectivity index (χ0v) is 11.6. The van der Waals surface area contributed by atoms with Crippen molar-refractivity contribution in [2.45, 2.75) is 52.8 Å². The average Bonchev–Trinajstić information content (AvgIpc) is 2.19. The van der Waals surface area contributed by atoms with E-state index in [0.717, 1.165) is 0 Å². The van der Waals surface area contributed by atoms with Crippen LogP contribution in [0.5, 0.6) is 5.75 Å². The Labute approximate surface area is 107 Å². The summed E-state index contributed by atoms with van der Waals surface area (Å²) in [5.41, 5.74) is 0.469. The van der Waals surface area contributed by atoms with Gasteiger partial charge < -0.3 is 10.1 Å². The molecular formula is C14H21F2NO. The van der Waals surface area contributed by atoms with E-state index in [1.54, 1.807) is 13.8 Å². The molecule has 2 nitrogen and oxygen atoms in total. The van der Waals surface area contributed by atoms with Crippen molar-refractivity contribution in [1.82, 2.24) is 5.32 Å². The van der Waals surface area contributed by atoms with Gasteiger partial charge >= 0.3 is 0 Å². The first-order valence-corrected chi connectivity index (χ1v) is 6.08. The molecule has 0 aromatic heterocycles. The minimum Gasteiger partial charge on any atom is -0.485 e. The molecule has 0 unspecified atom stereocenters. The number of benzene rings is 1. The summed E-state index contributed by atoms with van der Waals surface area (Å²) in [7, 11) is 0. The maximum Gasteiger partial charge on any atom is 0.191 e. The fraction of sp³-hybridized carbons (Fsp3) is 0.571. The van der Waals surface area contributed by atoms with Crippen molar-refractivity contribution in [3.05, 3.63) is 29.3 Å². The average molecular weight is 257 g/mol. The van der Waals surface area contributed by atoms with Crippen LogP contribution in [0.25, 0.3) is 0 Å². The summed E-state index contributed by atoms with van der Waals surface area (Å²) in [5.74, 6) is -1.62. The topological polar surface area (TPSA) is 21.3 Å². The SMILES string of the molecule is CC(C)Oc1c(F)cc(CNC(C)(C)C)cc1F. The lowest BCUT2D eigenvalue weighted by atomic mass is 10.1. The monoisotopic (exact) mass is 257 g/mol. The zero-order valence-electron chi connectivity index (χ0n) is 11.6. The molecule has 1 N–H and O–H groups in total. The Bertz CT molecular complexity index is 388. The van der Waals surface area contributed by atoms with Crippen molar-refractivity contribution in [2.75, 3.05) is 0 Å². The third-order valence-electron chi connectivity index (χ3n) is 2.23. The van der Waals surface area contributed by atoms with Crippen molar-refractivity contribution in [2.24, 2.45) is 0 Å². The van der Waals surface area contributed by atoms with Crippen LogP contribution in [0, 0.1) is 11.6 Å². The van der Waals surface area contributed by atoms with Gasteiger partial charge in [-0.3, -0.25) is 0 Å². The van der Waals surface area contributed by atoms with Gasteiger partial charge in [-0.15, -0.1) is 0 Å². The second kappa shape index (κ2) is 5.65. The molecule has 102 valence electrons. The van der Waals surface area contributed by atoms with E-state index in [9.17, 15) is 8.78 Å². The standard InChI is InChI=1S/C14H21F2NO/c1-9(2)18-13-11(15)6-10(7-12(13)16)8-17-14(3,4)5/h6-7,9,17H,8H2,1-5H3. The Balaban J connectivity index is 2.86. The minimum atomic E-state index is -0.658. The number of rotatable bonds is 4. The van der Waals surface area contributed by atoms with Crippen molar-refractivity contribution in [1.29, 1.82) is 0 Å². The predicted molar refractivity (Wildman–Crippen MR) is 68.7 cm³/mol. The maximum atomic E-state index is 13.7. The third-order valence-corrected chi connectivity index (χ3v) is 2.23. The Hall–Kier alpha value is -1.16. The molecule has 1 aromatic carbocycles. The summed E-state index contributed by atoms with van der Waals surface area (Å²) in [6, 6.07) is 2.61. The van der Waals surface area contributed by atoms with Crippen molar-refractivity contribution in [3.63, 3.8) is 0 Å². The third kappa shape index (κ3) is 4.61. The Morgan fingerprint density at radius 2 is 1.67 bits per heavy atom. The number of hydrogen-bond acceptors (Lipinski definition) is 2. The molecule has 0 heterocycles. The zero-order chi connectivity index (χ0) is 13.9. The summed E-state index contributed by atoms with van der Waals surface area (Å²) in [5, 5.41) is 3.18. The van der Waals surface area contributed by atoms with E-state index >= 15 is 0 Å². The van der Waals surface area contributed by atoms with Gasteiger partial charge in [-0.25, -0.2) is 8.78 Å². The molecule has 0 radical (unpaired) electrons. The van der Waals surface area contributed by atoms with Crippen LogP contribution in [0.1, 0.15) is 40.2 Å². The largest absolute Gasteiger partial charge is 0.485 e. The molecule has 4 heteroatoms. The van der Waals surface area contributed by atoms with Crippen LogP contribution in [0.4, 0.5) is 8.78 Å². The molecule has 0 aliphatic heterocycles. The van der Waals surface area contributed by atoms with Gasteiger partial charge in [-0.05, 0) is 52.3 Å². The van der Waals surface area contributed by atoms with Crippen molar-refractivity contribution in [3.8, 4) is 5.75 Å². The van der Waals surface area contributed by atoms with E-state index in [-0.39, 0.29) is 17.4 Å². The molecule has 0 aliphatic rings. The molecule has 0 saturated heterocycles. The van der Waals surface area contributed by atoms with Crippen LogP contribution in [-0.2, 0) is 6.54 Å². The van der Waals surface area contributed by atoms with Crippen molar-refractivity contribution < 1.29 is 13.5 Å². The van der Waals surface area contributed by atoms with E-state index in [0.29, 0.717) is 12.1 Å². The summed E-state index contributed by atoms with van der Waals surface area (Å²) in [6.07, 6.45) is -0.257. The van der Waals surface area contributed by atoms with Crippen LogP contribution in [0.3, 0.4) is 0 Å². The second-order valence-electron chi connectivity index (χ2n) is 5.66. The fourth-order valence-electron chi connectivity index (χ4n) is 1.43. The number of ether oxygens (including phenoxy) is 1. The molecule has 0 bridgehead atoms. The lowest BCUT2D eigenvalue weighted by Gasteiger charge is -2.21. The second-order valence-corrected chi connectivity index (χ2v) is 5.66. The fourth-order valence-corrected chi connectivity index (χ4v) is 1.43. The first kappa shape index (κ1) is 14.9. The highest BCUT2D eigenvalue weighted by Crippen LogP contribution is 2.24. The molecule has 1 aromatic rings. The molecule has 18 heavy (non-hydrogen) atoms. The molecular weight excluding hydrogens is 236 g/mol. The molecule has 0 amide bonds. The molecule has 1 rings (SSSR count). The predicted octanol–water partition coefficient (Wildman–Crippen LogP) is 3.64. The molecule has 0 aliphatic carbocycles. The van der Waals surface area contributed by atoms with E-state index in [4.69, 9.17) is 4.74 Å². The smallest absolute Gasteiger partial charge is 0.191 e. The van der Waals surface area contributed by atoms with Gasteiger partial charge in [0.25, 0.3) is 0 Å². The van der Waals surface area contributed by atoms with Crippen LogP contribution in [0.15, 0.2) is 12.1 Å². The maximum absolute atomic E-state index is 13.7. The Morgan fingerprint density at radius 3 is 2.06 bits per heavy atom. The van der Waals surface area contributed by atoms with Gasteiger partial charge in [-0.2, -0.15) is 0 Å². The first-order chi connectivity index (χ1) is 8.19. The number of nitrogens with one attached hydrogen (secondary N) is 1. The van der Waals surface area contributed by atoms with Gasteiger partial charge in [0.2, 0.25) is 0 Å². The van der Waals surface area contributed by atoms with E-state index in [2.05, 4.69) is 5.32 Å². The van der Waals surface area contributed by atoms with E-state index < -0.39 is 11.6 Å². The highest BCUT2D eigenvalue weighted by Gasteiger charge is 2.15. The lowest BCUT2D eigenvalue weighted by Crippen LogP contribution is -2.35. The van der Waals surface area contributed by atoms with E-state index in [1.807, 2.05) is 20.8 Å². The summed E-state index contributed by atoms with van der Waals surface area (Å²) < 4.78 is 32.5. The van der Waals surface area contributed by atoms with Gasteiger partial charge in [0.15, 0.2) is 17.4 Å². The van der Waals surface area contributed by atoms with Gasteiger partial charge in [0, 0.05) is 12.1 Å². The number of hydrogen-bond donors (Lipinski definition) is 1. The lowest BCUT2D eigenvalue weighted by molar-refractivity contribution is 0.219. The Kier molecular flexibility index (Phi) is 4.68.